The van der Waals surface area contributed by atoms with E-state index in [0.29, 0.717) is 16.3 Å². The first-order valence-electron chi connectivity index (χ1n) is 8.48. The van der Waals surface area contributed by atoms with Crippen LogP contribution in [0.4, 0.5) is 5.69 Å². The first-order chi connectivity index (χ1) is 12.9. The normalized spacial score (nSPS) is 11.1. The molecule has 0 atom stereocenters. The molecule has 2 aromatic carbocycles. The molecule has 4 rings (SSSR count). The molecule has 0 aliphatic rings. The summed E-state index contributed by atoms with van der Waals surface area (Å²) in [7, 11) is 1.91. The van der Waals surface area contributed by atoms with Crippen molar-refractivity contribution >= 4 is 34.2 Å². The van der Waals surface area contributed by atoms with Gasteiger partial charge in [0, 0.05) is 18.4 Å². The van der Waals surface area contributed by atoms with Crippen LogP contribution in [0, 0.1) is 13.8 Å². The van der Waals surface area contributed by atoms with Crippen molar-refractivity contribution in [1.29, 1.82) is 0 Å². The predicted octanol–water partition coefficient (Wildman–Crippen LogP) is 4.28. The number of carbonyl (C=O) groups excluding carboxylic acids is 1. The Labute approximate surface area is 161 Å². The third kappa shape index (κ3) is 3.19. The van der Waals surface area contributed by atoms with Gasteiger partial charge in [0.2, 0.25) is 0 Å². The molecule has 0 saturated heterocycles. The molecule has 1 N–H and O–H groups in total. The van der Waals surface area contributed by atoms with E-state index in [1.54, 1.807) is 23.1 Å². The second kappa shape index (κ2) is 6.55. The van der Waals surface area contributed by atoms with Gasteiger partial charge in [-0.05, 0) is 56.3 Å². The fourth-order valence-corrected chi connectivity index (χ4v) is 3.31. The van der Waals surface area contributed by atoms with E-state index in [1.165, 1.54) is 0 Å². The number of hydrogen-bond acceptors (Lipinski definition) is 3. The summed E-state index contributed by atoms with van der Waals surface area (Å²) < 4.78 is 3.70. The van der Waals surface area contributed by atoms with Gasteiger partial charge in [0.15, 0.2) is 0 Å². The number of halogens is 1. The van der Waals surface area contributed by atoms with E-state index >= 15 is 0 Å². The van der Waals surface area contributed by atoms with Crippen LogP contribution in [-0.2, 0) is 7.05 Å². The summed E-state index contributed by atoms with van der Waals surface area (Å²) in [6, 6.07) is 12.9. The van der Waals surface area contributed by atoms with Gasteiger partial charge in [-0.3, -0.25) is 4.79 Å². The van der Waals surface area contributed by atoms with Crippen LogP contribution in [-0.4, -0.2) is 25.2 Å². The zero-order valence-electron chi connectivity index (χ0n) is 15.2. The number of nitrogens with one attached hydrogen (secondary N) is 1. The smallest absolute Gasteiger partial charge is 0.257 e. The molecule has 0 aliphatic heterocycles. The molecule has 4 aromatic rings. The Kier molecular flexibility index (Phi) is 4.20. The highest BCUT2D eigenvalue weighted by molar-refractivity contribution is 6.34. The lowest BCUT2D eigenvalue weighted by Crippen LogP contribution is -2.13. The van der Waals surface area contributed by atoms with Crippen LogP contribution in [0.2, 0.25) is 5.02 Å². The largest absolute Gasteiger partial charge is 0.334 e. The molecular weight excluding hydrogens is 362 g/mol. The first-order valence-corrected chi connectivity index (χ1v) is 8.86. The molecule has 2 heterocycles. The minimum absolute atomic E-state index is 0.273. The lowest BCUT2D eigenvalue weighted by atomic mass is 10.1. The fraction of sp³-hybridized carbons (Fsp3) is 0.150. The summed E-state index contributed by atoms with van der Waals surface area (Å²) in [6.45, 7) is 3.90. The molecule has 7 heteroatoms. The van der Waals surface area contributed by atoms with Crippen LogP contribution in [0.1, 0.15) is 21.7 Å². The molecule has 0 saturated carbocycles. The second-order valence-corrected chi connectivity index (χ2v) is 6.92. The van der Waals surface area contributed by atoms with Crippen molar-refractivity contribution in [2.45, 2.75) is 13.8 Å². The average molecular weight is 380 g/mol. The van der Waals surface area contributed by atoms with E-state index in [0.717, 1.165) is 28.1 Å². The van der Waals surface area contributed by atoms with E-state index in [-0.39, 0.29) is 5.91 Å². The SMILES string of the molecule is Cc1cc(C)n(-c2ccc(Cl)c(C(=O)Nc3ccc4ncn(C)c4c3)c2)n1. The number of benzene rings is 2. The minimum atomic E-state index is -0.273. The van der Waals surface area contributed by atoms with Crippen molar-refractivity contribution in [2.75, 3.05) is 5.32 Å². The predicted molar refractivity (Wildman–Crippen MR) is 107 cm³/mol. The van der Waals surface area contributed by atoms with Crippen molar-refractivity contribution in [3.05, 3.63) is 70.8 Å². The van der Waals surface area contributed by atoms with E-state index in [1.807, 2.05) is 55.8 Å². The number of amides is 1. The van der Waals surface area contributed by atoms with E-state index in [9.17, 15) is 4.79 Å². The van der Waals surface area contributed by atoms with Crippen molar-refractivity contribution in [2.24, 2.45) is 7.05 Å². The number of aryl methyl sites for hydroxylation is 3. The van der Waals surface area contributed by atoms with E-state index in [2.05, 4.69) is 15.4 Å². The van der Waals surface area contributed by atoms with E-state index in [4.69, 9.17) is 11.6 Å². The summed E-state index contributed by atoms with van der Waals surface area (Å²) in [5.74, 6) is -0.273. The monoisotopic (exact) mass is 379 g/mol. The molecule has 0 unspecified atom stereocenters. The Morgan fingerprint density at radius 1 is 1.11 bits per heavy atom. The number of carbonyl (C=O) groups is 1. The summed E-state index contributed by atoms with van der Waals surface area (Å²) in [4.78, 5) is 17.1. The molecule has 6 nitrogen and oxygen atoms in total. The van der Waals surface area contributed by atoms with Gasteiger partial charge < -0.3 is 9.88 Å². The summed E-state index contributed by atoms with van der Waals surface area (Å²) >= 11 is 6.29. The zero-order chi connectivity index (χ0) is 19.1. The van der Waals surface area contributed by atoms with Crippen LogP contribution in [0.3, 0.4) is 0 Å². The van der Waals surface area contributed by atoms with Crippen LogP contribution in [0.15, 0.2) is 48.8 Å². The maximum atomic E-state index is 12.8. The van der Waals surface area contributed by atoms with Crippen molar-refractivity contribution in [3.8, 4) is 5.69 Å². The Hall–Kier alpha value is -3.12. The number of rotatable bonds is 3. The molecule has 1 amide bonds. The second-order valence-electron chi connectivity index (χ2n) is 6.52. The molecule has 2 aromatic heterocycles. The summed E-state index contributed by atoms with van der Waals surface area (Å²) in [5, 5.41) is 7.77. The van der Waals surface area contributed by atoms with Gasteiger partial charge in [-0.1, -0.05) is 11.6 Å². The van der Waals surface area contributed by atoms with Gasteiger partial charge in [0.25, 0.3) is 5.91 Å². The average Bonchev–Trinajstić information content (AvgIpc) is 3.17. The zero-order valence-corrected chi connectivity index (χ0v) is 15.9. The summed E-state index contributed by atoms with van der Waals surface area (Å²) in [6.07, 6.45) is 1.74. The lowest BCUT2D eigenvalue weighted by Gasteiger charge is -2.10. The number of imidazole rings is 1. The first kappa shape index (κ1) is 17.3. The Morgan fingerprint density at radius 3 is 2.67 bits per heavy atom. The third-order valence-corrected chi connectivity index (χ3v) is 4.76. The third-order valence-electron chi connectivity index (χ3n) is 4.43. The maximum absolute atomic E-state index is 12.8. The van der Waals surface area contributed by atoms with Crippen LogP contribution < -0.4 is 5.32 Å². The van der Waals surface area contributed by atoms with Gasteiger partial charge in [0.05, 0.1) is 39.3 Å². The number of anilines is 1. The Balaban J connectivity index is 1.67. The van der Waals surface area contributed by atoms with Crippen molar-refractivity contribution in [1.82, 2.24) is 19.3 Å². The fourth-order valence-electron chi connectivity index (χ4n) is 3.11. The van der Waals surface area contributed by atoms with E-state index < -0.39 is 0 Å². The van der Waals surface area contributed by atoms with Crippen LogP contribution in [0.25, 0.3) is 16.7 Å². The molecule has 136 valence electrons. The molecule has 27 heavy (non-hydrogen) atoms. The Morgan fingerprint density at radius 2 is 1.93 bits per heavy atom. The highest BCUT2D eigenvalue weighted by Crippen LogP contribution is 2.23. The minimum Gasteiger partial charge on any atom is -0.334 e. The standard InChI is InChI=1S/C20H18ClN5O/c1-12-8-13(2)26(24-12)15-5-6-17(21)16(10-15)20(27)23-14-4-7-18-19(9-14)25(3)11-22-18/h4-11H,1-3H3,(H,23,27). The topological polar surface area (TPSA) is 64.7 Å². The molecule has 0 fully saturated rings. The number of aromatic nitrogens is 4. The highest BCUT2D eigenvalue weighted by Gasteiger charge is 2.14. The highest BCUT2D eigenvalue weighted by atomic mass is 35.5. The number of nitrogens with zero attached hydrogens (tertiary/aromatic N) is 4. The molecule has 0 radical (unpaired) electrons. The maximum Gasteiger partial charge on any atom is 0.257 e. The molecular formula is C20H18ClN5O. The molecule has 0 spiro atoms. The summed E-state index contributed by atoms with van der Waals surface area (Å²) in [5.41, 5.74) is 5.59. The lowest BCUT2D eigenvalue weighted by molar-refractivity contribution is 0.102. The van der Waals surface area contributed by atoms with Gasteiger partial charge >= 0.3 is 0 Å². The molecule has 0 bridgehead atoms. The quantitative estimate of drug-likeness (QED) is 0.577. The molecule has 0 aliphatic carbocycles. The Bertz CT molecular complexity index is 1170. The van der Waals surface area contributed by atoms with Crippen molar-refractivity contribution < 1.29 is 4.79 Å². The van der Waals surface area contributed by atoms with Gasteiger partial charge in [-0.15, -0.1) is 0 Å². The van der Waals surface area contributed by atoms with Gasteiger partial charge in [0.1, 0.15) is 0 Å². The van der Waals surface area contributed by atoms with Gasteiger partial charge in [-0.2, -0.15) is 5.10 Å². The van der Waals surface area contributed by atoms with Crippen LogP contribution >= 0.6 is 11.6 Å². The van der Waals surface area contributed by atoms with Crippen LogP contribution in [0.5, 0.6) is 0 Å². The van der Waals surface area contributed by atoms with Crippen molar-refractivity contribution in [3.63, 3.8) is 0 Å². The number of fused-ring (bicyclic) bond motifs is 1. The van der Waals surface area contributed by atoms with Gasteiger partial charge in [-0.25, -0.2) is 9.67 Å². The number of hydrogen-bond donors (Lipinski definition) is 1.